The average Bonchev–Trinajstić information content (AvgIpc) is 3.28. The molecule has 2 heterocycles. The number of halogens is 1. The first-order chi connectivity index (χ1) is 13.5. The van der Waals surface area contributed by atoms with Crippen molar-refractivity contribution in [3.05, 3.63) is 77.3 Å². The van der Waals surface area contributed by atoms with Crippen LogP contribution in [0.25, 0.3) is 11.3 Å². The van der Waals surface area contributed by atoms with Crippen molar-refractivity contribution >= 4 is 23.5 Å². The Morgan fingerprint density at radius 1 is 1.11 bits per heavy atom. The molecular formula is C21H18ClN3O3. The molecule has 0 unspecified atom stereocenters. The minimum absolute atomic E-state index is 0.0349. The van der Waals surface area contributed by atoms with Gasteiger partial charge >= 0.3 is 6.03 Å². The number of carbonyl (C=O) groups is 2. The molecule has 0 radical (unpaired) electrons. The number of hydrogen-bond acceptors (Lipinski definition) is 4. The van der Waals surface area contributed by atoms with E-state index in [0.29, 0.717) is 28.7 Å². The first-order valence-corrected chi connectivity index (χ1v) is 9.31. The van der Waals surface area contributed by atoms with Crippen molar-refractivity contribution in [2.45, 2.75) is 25.4 Å². The Balaban J connectivity index is 1.59. The van der Waals surface area contributed by atoms with E-state index >= 15 is 0 Å². The summed E-state index contributed by atoms with van der Waals surface area (Å²) in [4.78, 5) is 31.1. The van der Waals surface area contributed by atoms with Gasteiger partial charge < -0.3 is 9.73 Å². The third-order valence-corrected chi connectivity index (χ3v) is 5.20. The van der Waals surface area contributed by atoms with Crippen molar-refractivity contribution in [3.63, 3.8) is 0 Å². The number of aromatic nitrogens is 1. The molecule has 0 bridgehead atoms. The van der Waals surface area contributed by atoms with E-state index in [1.165, 1.54) is 0 Å². The van der Waals surface area contributed by atoms with E-state index in [0.717, 1.165) is 10.5 Å². The molecule has 1 aliphatic rings. The summed E-state index contributed by atoms with van der Waals surface area (Å²) in [5.41, 5.74) is 0.455. The largest absolute Gasteiger partial charge is 0.439 e. The molecule has 1 saturated heterocycles. The van der Waals surface area contributed by atoms with E-state index in [9.17, 15) is 9.59 Å². The molecule has 1 N–H and O–H groups in total. The number of amides is 3. The van der Waals surface area contributed by atoms with Gasteiger partial charge in [-0.15, -0.1) is 0 Å². The lowest BCUT2D eigenvalue weighted by Crippen LogP contribution is -2.43. The summed E-state index contributed by atoms with van der Waals surface area (Å²) in [6.07, 6.45) is 2.01. The van der Waals surface area contributed by atoms with Crippen LogP contribution in [-0.2, 0) is 16.9 Å². The van der Waals surface area contributed by atoms with Crippen molar-refractivity contribution in [1.82, 2.24) is 15.2 Å². The van der Waals surface area contributed by atoms with Gasteiger partial charge in [0.05, 0.1) is 6.20 Å². The second-order valence-electron chi connectivity index (χ2n) is 6.57. The van der Waals surface area contributed by atoms with Gasteiger partial charge in [0.15, 0.2) is 5.76 Å². The van der Waals surface area contributed by atoms with Crippen LogP contribution in [0.15, 0.2) is 65.2 Å². The fourth-order valence-electron chi connectivity index (χ4n) is 3.40. The smallest absolute Gasteiger partial charge is 0.325 e. The molecule has 142 valence electrons. The van der Waals surface area contributed by atoms with Gasteiger partial charge in [-0.1, -0.05) is 61.0 Å². The topological polar surface area (TPSA) is 75.4 Å². The summed E-state index contributed by atoms with van der Waals surface area (Å²) >= 11 is 5.96. The predicted octanol–water partition coefficient (Wildman–Crippen LogP) is 4.35. The van der Waals surface area contributed by atoms with E-state index in [1.807, 2.05) is 37.3 Å². The Bertz CT molecular complexity index is 1020. The molecule has 28 heavy (non-hydrogen) atoms. The lowest BCUT2D eigenvalue weighted by Gasteiger charge is -2.25. The number of hydrogen-bond donors (Lipinski definition) is 1. The molecule has 1 aliphatic heterocycles. The summed E-state index contributed by atoms with van der Waals surface area (Å²) in [7, 11) is 0. The third kappa shape index (κ3) is 3.05. The molecule has 0 spiro atoms. The maximum Gasteiger partial charge on any atom is 0.325 e. The molecule has 1 fully saturated rings. The normalized spacial score (nSPS) is 19.1. The third-order valence-electron chi connectivity index (χ3n) is 4.95. The predicted molar refractivity (Wildman–Crippen MR) is 104 cm³/mol. The second-order valence-corrected chi connectivity index (χ2v) is 7.01. The fourth-order valence-corrected chi connectivity index (χ4v) is 3.52. The van der Waals surface area contributed by atoms with E-state index < -0.39 is 11.6 Å². The van der Waals surface area contributed by atoms with Crippen LogP contribution in [0.3, 0.4) is 0 Å². The zero-order valence-corrected chi connectivity index (χ0v) is 15.9. The molecule has 4 rings (SSSR count). The molecule has 7 heteroatoms. The van der Waals surface area contributed by atoms with Crippen LogP contribution in [0, 0.1) is 0 Å². The molecule has 6 nitrogen and oxygen atoms in total. The Kier molecular flexibility index (Phi) is 4.65. The highest BCUT2D eigenvalue weighted by atomic mass is 35.5. The van der Waals surface area contributed by atoms with Crippen LogP contribution in [0.5, 0.6) is 0 Å². The fraction of sp³-hybridized carbons (Fsp3) is 0.190. The van der Waals surface area contributed by atoms with Gasteiger partial charge in [-0.2, -0.15) is 0 Å². The molecule has 3 aromatic rings. The monoisotopic (exact) mass is 395 g/mol. The summed E-state index contributed by atoms with van der Waals surface area (Å²) in [5.74, 6) is 0.550. The minimum atomic E-state index is -1.11. The van der Waals surface area contributed by atoms with E-state index in [1.54, 1.807) is 30.5 Å². The van der Waals surface area contributed by atoms with Crippen molar-refractivity contribution in [3.8, 4) is 11.3 Å². The van der Waals surface area contributed by atoms with Gasteiger partial charge in [0.1, 0.15) is 12.1 Å². The van der Waals surface area contributed by atoms with Crippen LogP contribution in [0.1, 0.15) is 24.8 Å². The highest BCUT2D eigenvalue weighted by Crippen LogP contribution is 2.34. The van der Waals surface area contributed by atoms with E-state index in [-0.39, 0.29) is 12.5 Å². The molecule has 1 atom stereocenters. The van der Waals surface area contributed by atoms with Crippen LogP contribution in [-0.4, -0.2) is 21.8 Å². The molecule has 2 aromatic carbocycles. The summed E-state index contributed by atoms with van der Waals surface area (Å²) in [6, 6.07) is 16.0. The van der Waals surface area contributed by atoms with Crippen molar-refractivity contribution in [2.75, 3.05) is 0 Å². The van der Waals surface area contributed by atoms with Gasteiger partial charge in [-0.25, -0.2) is 9.78 Å². The van der Waals surface area contributed by atoms with Crippen LogP contribution >= 0.6 is 11.6 Å². The highest BCUT2D eigenvalue weighted by Gasteiger charge is 2.51. The number of imide groups is 1. The Morgan fingerprint density at radius 3 is 2.50 bits per heavy atom. The van der Waals surface area contributed by atoms with Crippen LogP contribution < -0.4 is 5.32 Å². The molecule has 1 aromatic heterocycles. The lowest BCUT2D eigenvalue weighted by molar-refractivity contribution is -0.132. The molecular weight excluding hydrogens is 378 g/mol. The summed E-state index contributed by atoms with van der Waals surface area (Å²) in [6.45, 7) is 1.82. The quantitative estimate of drug-likeness (QED) is 0.651. The highest BCUT2D eigenvalue weighted by molar-refractivity contribution is 6.30. The number of oxazole rings is 1. The summed E-state index contributed by atoms with van der Waals surface area (Å²) < 4.78 is 5.75. The van der Waals surface area contributed by atoms with Crippen LogP contribution in [0.2, 0.25) is 5.02 Å². The van der Waals surface area contributed by atoms with Crippen molar-refractivity contribution in [2.24, 2.45) is 0 Å². The Hall–Kier alpha value is -3.12. The second kappa shape index (κ2) is 7.13. The van der Waals surface area contributed by atoms with Gasteiger partial charge in [-0.05, 0) is 24.1 Å². The SMILES string of the molecule is CC[C@]1(c2ccc(Cl)cc2)NC(=O)N(Cc2ncc(-c3ccccc3)o2)C1=O. The first kappa shape index (κ1) is 18.3. The minimum Gasteiger partial charge on any atom is -0.439 e. The van der Waals surface area contributed by atoms with Crippen molar-refractivity contribution < 1.29 is 14.0 Å². The number of nitrogens with one attached hydrogen (secondary N) is 1. The number of carbonyl (C=O) groups excluding carboxylic acids is 2. The number of nitrogens with zero attached hydrogens (tertiary/aromatic N) is 2. The van der Waals surface area contributed by atoms with Gasteiger partial charge in [0.2, 0.25) is 5.89 Å². The van der Waals surface area contributed by atoms with Crippen LogP contribution in [0.4, 0.5) is 4.79 Å². The van der Waals surface area contributed by atoms with E-state index in [4.69, 9.17) is 16.0 Å². The van der Waals surface area contributed by atoms with Crippen molar-refractivity contribution in [1.29, 1.82) is 0 Å². The zero-order valence-electron chi connectivity index (χ0n) is 15.2. The Morgan fingerprint density at radius 2 is 1.82 bits per heavy atom. The maximum atomic E-state index is 13.2. The average molecular weight is 396 g/mol. The molecule has 0 saturated carbocycles. The number of benzene rings is 2. The van der Waals surface area contributed by atoms with Gasteiger partial charge in [0, 0.05) is 10.6 Å². The standard InChI is InChI=1S/C21H18ClN3O3/c1-2-21(15-8-10-16(22)11-9-15)19(26)25(20(27)24-21)13-18-23-12-17(28-18)14-6-4-3-5-7-14/h3-12H,2,13H2,1H3,(H,24,27)/t21-/m1/s1. The Labute approximate surface area is 167 Å². The lowest BCUT2D eigenvalue weighted by atomic mass is 9.87. The molecule has 3 amide bonds. The first-order valence-electron chi connectivity index (χ1n) is 8.94. The zero-order chi connectivity index (χ0) is 19.7. The van der Waals surface area contributed by atoms with Gasteiger partial charge in [-0.3, -0.25) is 9.69 Å². The number of rotatable bonds is 5. The van der Waals surface area contributed by atoms with E-state index in [2.05, 4.69) is 10.3 Å². The number of urea groups is 1. The van der Waals surface area contributed by atoms with Gasteiger partial charge in [0.25, 0.3) is 5.91 Å². The molecule has 0 aliphatic carbocycles. The maximum absolute atomic E-state index is 13.2. The summed E-state index contributed by atoms with van der Waals surface area (Å²) in [5, 5.41) is 3.40.